The fraction of sp³-hybridized carbons (Fsp3) is 0.300. The van der Waals surface area contributed by atoms with E-state index in [9.17, 15) is 4.79 Å². The van der Waals surface area contributed by atoms with E-state index >= 15 is 0 Å². The molecule has 0 radical (unpaired) electrons. The normalized spacial score (nSPS) is 15.8. The predicted molar refractivity (Wildman–Crippen MR) is 58.7 cm³/mol. The minimum Gasteiger partial charge on any atom is -0.478 e. The van der Waals surface area contributed by atoms with Crippen molar-refractivity contribution in [1.82, 2.24) is 5.32 Å². The van der Waals surface area contributed by atoms with Crippen molar-refractivity contribution >= 4 is 23.3 Å². The molecule has 0 amide bonds. The van der Waals surface area contributed by atoms with Gasteiger partial charge in [-0.3, -0.25) is 0 Å². The molecule has 1 aromatic carbocycles. The van der Waals surface area contributed by atoms with E-state index in [1.54, 1.807) is 18.2 Å². The zero-order chi connectivity index (χ0) is 10.8. The quantitative estimate of drug-likeness (QED) is 0.730. The number of carboxylic acids is 1. The zero-order valence-corrected chi connectivity index (χ0v) is 8.71. The third-order valence-corrected chi connectivity index (χ3v) is 2.68. The largest absolute Gasteiger partial charge is 0.478 e. The number of benzene rings is 1. The first-order chi connectivity index (χ1) is 7.16. The molecule has 0 atom stereocenters. The van der Waals surface area contributed by atoms with Crippen molar-refractivity contribution in [3.8, 4) is 0 Å². The highest BCUT2D eigenvalue weighted by atomic mass is 35.5. The molecule has 5 heteroatoms. The van der Waals surface area contributed by atoms with Crippen molar-refractivity contribution in [1.29, 1.82) is 0 Å². The Bertz CT molecular complexity index is 391. The number of hydrogen-bond donors (Lipinski definition) is 3. The summed E-state index contributed by atoms with van der Waals surface area (Å²) in [6, 6.07) is 5.32. The van der Waals surface area contributed by atoms with Crippen LogP contribution in [0.3, 0.4) is 0 Å². The van der Waals surface area contributed by atoms with Crippen molar-refractivity contribution in [3.63, 3.8) is 0 Å². The van der Waals surface area contributed by atoms with E-state index in [1.807, 2.05) is 0 Å². The molecule has 1 saturated heterocycles. The summed E-state index contributed by atoms with van der Waals surface area (Å²) in [5, 5.41) is 15.5. The standard InChI is InChI=1S/C10H11ClN2O2/c11-9-2-1-6(3-8(9)10(14)15)13-7-4-12-5-7/h1-3,7,12-13H,4-5H2,(H,14,15). The van der Waals surface area contributed by atoms with Crippen molar-refractivity contribution in [3.05, 3.63) is 28.8 Å². The van der Waals surface area contributed by atoms with Gasteiger partial charge in [0.15, 0.2) is 0 Å². The van der Waals surface area contributed by atoms with Gasteiger partial charge in [0.25, 0.3) is 0 Å². The summed E-state index contributed by atoms with van der Waals surface area (Å²) in [5.41, 5.74) is 0.928. The number of anilines is 1. The second kappa shape index (κ2) is 4.08. The van der Waals surface area contributed by atoms with Crippen LogP contribution in [0.25, 0.3) is 0 Å². The SMILES string of the molecule is O=C(O)c1cc(NC2CNC2)ccc1Cl. The summed E-state index contributed by atoms with van der Waals surface area (Å²) in [5.74, 6) is -1.00. The van der Waals surface area contributed by atoms with E-state index in [0.29, 0.717) is 6.04 Å². The molecule has 1 aliphatic rings. The summed E-state index contributed by atoms with van der Waals surface area (Å²) in [4.78, 5) is 10.8. The van der Waals surface area contributed by atoms with Crippen LogP contribution in [-0.2, 0) is 0 Å². The first-order valence-corrected chi connectivity index (χ1v) is 5.04. The third kappa shape index (κ3) is 2.22. The van der Waals surface area contributed by atoms with Gasteiger partial charge in [-0.1, -0.05) is 11.6 Å². The summed E-state index contributed by atoms with van der Waals surface area (Å²) < 4.78 is 0. The van der Waals surface area contributed by atoms with Crippen molar-refractivity contribution in [2.45, 2.75) is 6.04 Å². The summed E-state index contributed by atoms with van der Waals surface area (Å²) in [6.07, 6.45) is 0. The molecular formula is C10H11ClN2O2. The maximum Gasteiger partial charge on any atom is 0.337 e. The van der Waals surface area contributed by atoms with E-state index in [-0.39, 0.29) is 10.6 Å². The van der Waals surface area contributed by atoms with Gasteiger partial charge in [-0.2, -0.15) is 0 Å². The van der Waals surface area contributed by atoms with Gasteiger partial charge in [-0.25, -0.2) is 4.79 Å². The second-order valence-corrected chi connectivity index (χ2v) is 3.91. The first kappa shape index (κ1) is 10.3. The summed E-state index contributed by atoms with van der Waals surface area (Å²) >= 11 is 5.75. The van der Waals surface area contributed by atoms with Crippen LogP contribution in [-0.4, -0.2) is 30.2 Å². The first-order valence-electron chi connectivity index (χ1n) is 4.67. The van der Waals surface area contributed by atoms with Gasteiger partial charge in [0, 0.05) is 18.8 Å². The topological polar surface area (TPSA) is 61.4 Å². The number of rotatable bonds is 3. The van der Waals surface area contributed by atoms with E-state index in [0.717, 1.165) is 18.8 Å². The van der Waals surface area contributed by atoms with E-state index in [1.165, 1.54) is 0 Å². The van der Waals surface area contributed by atoms with Gasteiger partial charge in [0.05, 0.1) is 16.6 Å². The van der Waals surface area contributed by atoms with Gasteiger partial charge in [0.1, 0.15) is 0 Å². The molecule has 0 aliphatic carbocycles. The maximum absolute atomic E-state index is 10.8. The van der Waals surface area contributed by atoms with Gasteiger partial charge in [0.2, 0.25) is 0 Å². The Hall–Kier alpha value is -1.26. The fourth-order valence-electron chi connectivity index (χ4n) is 1.41. The number of carboxylic acid groups (broad SMARTS) is 1. The third-order valence-electron chi connectivity index (χ3n) is 2.35. The Morgan fingerprint density at radius 2 is 2.27 bits per heavy atom. The molecular weight excluding hydrogens is 216 g/mol. The molecule has 1 aromatic rings. The monoisotopic (exact) mass is 226 g/mol. The van der Waals surface area contributed by atoms with Crippen molar-refractivity contribution in [2.75, 3.05) is 18.4 Å². The van der Waals surface area contributed by atoms with Crippen LogP contribution < -0.4 is 10.6 Å². The van der Waals surface area contributed by atoms with E-state index in [4.69, 9.17) is 16.7 Å². The Morgan fingerprint density at radius 1 is 1.53 bits per heavy atom. The Kier molecular flexibility index (Phi) is 2.79. The lowest BCUT2D eigenvalue weighted by Crippen LogP contribution is -2.51. The lowest BCUT2D eigenvalue weighted by molar-refractivity contribution is 0.0697. The molecule has 1 aliphatic heterocycles. The lowest BCUT2D eigenvalue weighted by atomic mass is 10.1. The Labute approximate surface area is 92.2 Å². The number of nitrogens with one attached hydrogen (secondary N) is 2. The molecule has 0 saturated carbocycles. The lowest BCUT2D eigenvalue weighted by Gasteiger charge is -2.29. The molecule has 0 aromatic heterocycles. The number of halogens is 1. The summed E-state index contributed by atoms with van der Waals surface area (Å²) in [7, 11) is 0. The van der Waals surface area contributed by atoms with Gasteiger partial charge in [-0.05, 0) is 18.2 Å². The van der Waals surface area contributed by atoms with Crippen LogP contribution in [0.15, 0.2) is 18.2 Å². The molecule has 2 rings (SSSR count). The average molecular weight is 227 g/mol. The van der Waals surface area contributed by atoms with Crippen LogP contribution in [0.2, 0.25) is 5.02 Å². The molecule has 15 heavy (non-hydrogen) atoms. The average Bonchev–Trinajstić information content (AvgIpc) is 2.13. The van der Waals surface area contributed by atoms with Crippen molar-refractivity contribution < 1.29 is 9.90 Å². The Balaban J connectivity index is 2.17. The van der Waals surface area contributed by atoms with Crippen molar-refractivity contribution in [2.24, 2.45) is 0 Å². The summed E-state index contributed by atoms with van der Waals surface area (Å²) in [6.45, 7) is 1.82. The highest BCUT2D eigenvalue weighted by molar-refractivity contribution is 6.33. The molecule has 1 heterocycles. The van der Waals surface area contributed by atoms with Gasteiger partial charge >= 0.3 is 5.97 Å². The molecule has 0 unspecified atom stereocenters. The molecule has 4 nitrogen and oxygen atoms in total. The number of carbonyl (C=O) groups is 1. The van der Waals surface area contributed by atoms with Gasteiger partial charge < -0.3 is 15.7 Å². The number of aromatic carboxylic acids is 1. The minimum atomic E-state index is -1.00. The number of hydrogen-bond acceptors (Lipinski definition) is 3. The Morgan fingerprint density at radius 3 is 2.80 bits per heavy atom. The minimum absolute atomic E-state index is 0.133. The molecule has 1 fully saturated rings. The van der Waals surface area contributed by atoms with Crippen LogP contribution in [0.1, 0.15) is 10.4 Å². The molecule has 0 spiro atoms. The highest BCUT2D eigenvalue weighted by Crippen LogP contribution is 2.21. The van der Waals surface area contributed by atoms with E-state index in [2.05, 4.69) is 10.6 Å². The second-order valence-electron chi connectivity index (χ2n) is 3.50. The predicted octanol–water partition coefficient (Wildman–Crippen LogP) is 1.42. The fourth-order valence-corrected chi connectivity index (χ4v) is 1.60. The maximum atomic E-state index is 10.8. The highest BCUT2D eigenvalue weighted by Gasteiger charge is 2.17. The van der Waals surface area contributed by atoms with E-state index < -0.39 is 5.97 Å². The van der Waals surface area contributed by atoms with Crippen LogP contribution in [0, 0.1) is 0 Å². The molecule has 0 bridgehead atoms. The smallest absolute Gasteiger partial charge is 0.337 e. The van der Waals surface area contributed by atoms with Crippen LogP contribution in [0.4, 0.5) is 5.69 Å². The molecule has 80 valence electrons. The zero-order valence-electron chi connectivity index (χ0n) is 7.96. The van der Waals surface area contributed by atoms with Crippen LogP contribution in [0.5, 0.6) is 0 Å². The van der Waals surface area contributed by atoms with Crippen LogP contribution >= 0.6 is 11.6 Å². The van der Waals surface area contributed by atoms with Gasteiger partial charge in [-0.15, -0.1) is 0 Å². The molecule has 3 N–H and O–H groups in total.